The summed E-state index contributed by atoms with van der Waals surface area (Å²) >= 11 is 0. The molecule has 0 aliphatic rings. The minimum Gasteiger partial charge on any atom is -0.497 e. The summed E-state index contributed by atoms with van der Waals surface area (Å²) in [6.07, 6.45) is 0.825. The van der Waals surface area contributed by atoms with Crippen molar-refractivity contribution >= 4 is 5.96 Å². The number of hydrogen-bond donors (Lipinski definition) is 2. The van der Waals surface area contributed by atoms with Crippen LogP contribution in [0.15, 0.2) is 53.5 Å². The second-order valence-electron chi connectivity index (χ2n) is 6.05. The highest BCUT2D eigenvalue weighted by molar-refractivity contribution is 5.79. The summed E-state index contributed by atoms with van der Waals surface area (Å²) in [6.45, 7) is 3.39. The quantitative estimate of drug-likeness (QED) is 0.524. The van der Waals surface area contributed by atoms with Gasteiger partial charge in [0.1, 0.15) is 23.4 Å². The van der Waals surface area contributed by atoms with Crippen molar-refractivity contribution in [3.63, 3.8) is 0 Å². The number of nitrogens with zero attached hydrogens (tertiary/aromatic N) is 1. The zero-order valence-corrected chi connectivity index (χ0v) is 16.5. The molecule has 2 aromatic carbocycles. The van der Waals surface area contributed by atoms with E-state index in [0.717, 1.165) is 41.7 Å². The lowest BCUT2D eigenvalue weighted by atomic mass is 10.1. The Balaban J connectivity index is 1.76. The number of hydrogen-bond acceptors (Lipinski definition) is 4. The van der Waals surface area contributed by atoms with Crippen molar-refractivity contribution in [3.05, 3.63) is 54.1 Å². The Morgan fingerprint density at radius 2 is 1.78 bits per heavy atom. The van der Waals surface area contributed by atoms with Gasteiger partial charge in [-0.05, 0) is 37.1 Å². The number of guanidine groups is 1. The van der Waals surface area contributed by atoms with Crippen molar-refractivity contribution in [2.45, 2.75) is 19.4 Å². The molecule has 0 saturated carbocycles. The van der Waals surface area contributed by atoms with Crippen molar-refractivity contribution in [1.29, 1.82) is 0 Å². The fraction of sp³-hybridized carbons (Fsp3) is 0.381. The maximum absolute atomic E-state index is 5.91. The van der Waals surface area contributed by atoms with E-state index < -0.39 is 0 Å². The monoisotopic (exact) mass is 371 g/mol. The van der Waals surface area contributed by atoms with Crippen LogP contribution in [0.1, 0.15) is 12.5 Å². The largest absolute Gasteiger partial charge is 0.497 e. The van der Waals surface area contributed by atoms with Gasteiger partial charge < -0.3 is 24.8 Å². The highest BCUT2D eigenvalue weighted by Crippen LogP contribution is 2.20. The molecule has 0 aliphatic heterocycles. The Morgan fingerprint density at radius 3 is 2.52 bits per heavy atom. The van der Waals surface area contributed by atoms with Crippen molar-refractivity contribution in [3.8, 4) is 17.2 Å². The van der Waals surface area contributed by atoms with Crippen molar-refractivity contribution in [2.75, 3.05) is 34.4 Å². The van der Waals surface area contributed by atoms with Crippen LogP contribution in [0, 0.1) is 0 Å². The standard InChI is InChI=1S/C21H29N3O3/c1-16(27-19-10-7-9-18(14-19)25-3)15-24-21(22-2)23-13-12-17-8-5-6-11-20(17)26-4/h5-11,14,16H,12-13,15H2,1-4H3,(H2,22,23,24). The van der Waals surface area contributed by atoms with Crippen LogP contribution in [-0.2, 0) is 6.42 Å². The molecule has 1 atom stereocenters. The fourth-order valence-electron chi connectivity index (χ4n) is 2.63. The number of rotatable bonds is 9. The summed E-state index contributed by atoms with van der Waals surface area (Å²) in [6, 6.07) is 15.6. The number of methoxy groups -OCH3 is 2. The van der Waals surface area contributed by atoms with E-state index in [-0.39, 0.29) is 6.10 Å². The zero-order chi connectivity index (χ0) is 19.5. The lowest BCUT2D eigenvalue weighted by molar-refractivity contribution is 0.223. The Hall–Kier alpha value is -2.89. The molecule has 0 heterocycles. The fourth-order valence-corrected chi connectivity index (χ4v) is 2.63. The molecular formula is C21H29N3O3. The lowest BCUT2D eigenvalue weighted by Gasteiger charge is -2.18. The van der Waals surface area contributed by atoms with E-state index in [1.54, 1.807) is 21.3 Å². The molecule has 2 aromatic rings. The van der Waals surface area contributed by atoms with Gasteiger partial charge in [0.25, 0.3) is 0 Å². The summed E-state index contributed by atoms with van der Waals surface area (Å²) in [4.78, 5) is 4.26. The van der Waals surface area contributed by atoms with Crippen LogP contribution in [0.25, 0.3) is 0 Å². The molecule has 0 aliphatic carbocycles. The summed E-state index contributed by atoms with van der Waals surface area (Å²) in [7, 11) is 5.09. The van der Waals surface area contributed by atoms with Gasteiger partial charge in [-0.25, -0.2) is 0 Å². The molecule has 6 nitrogen and oxygen atoms in total. The molecule has 0 aromatic heterocycles. The number of para-hydroxylation sites is 1. The van der Waals surface area contributed by atoms with Crippen LogP contribution in [0.5, 0.6) is 17.2 Å². The van der Waals surface area contributed by atoms with Gasteiger partial charge in [0, 0.05) is 19.7 Å². The topological polar surface area (TPSA) is 64.1 Å². The van der Waals surface area contributed by atoms with Crippen molar-refractivity contribution < 1.29 is 14.2 Å². The minimum atomic E-state index is -0.0233. The van der Waals surface area contributed by atoms with Crippen LogP contribution < -0.4 is 24.8 Å². The van der Waals surface area contributed by atoms with E-state index in [0.29, 0.717) is 6.54 Å². The maximum Gasteiger partial charge on any atom is 0.191 e. The summed E-state index contributed by atoms with van der Waals surface area (Å²) < 4.78 is 16.5. The van der Waals surface area contributed by atoms with E-state index in [2.05, 4.69) is 21.7 Å². The Bertz CT molecular complexity index is 734. The Morgan fingerprint density at radius 1 is 1.00 bits per heavy atom. The van der Waals surface area contributed by atoms with Crippen molar-refractivity contribution in [2.24, 2.45) is 4.99 Å². The third kappa shape index (κ3) is 6.73. The molecule has 0 bridgehead atoms. The molecule has 1 unspecified atom stereocenters. The highest BCUT2D eigenvalue weighted by Gasteiger charge is 2.07. The first kappa shape index (κ1) is 20.4. The van der Waals surface area contributed by atoms with Gasteiger partial charge in [0.05, 0.1) is 20.8 Å². The first-order valence-electron chi connectivity index (χ1n) is 9.03. The molecular weight excluding hydrogens is 342 g/mol. The minimum absolute atomic E-state index is 0.0233. The van der Waals surface area contributed by atoms with E-state index in [4.69, 9.17) is 14.2 Å². The second kappa shape index (κ2) is 11.0. The maximum atomic E-state index is 5.91. The molecule has 0 radical (unpaired) electrons. The first-order valence-corrected chi connectivity index (χ1v) is 9.03. The normalized spacial score (nSPS) is 12.2. The average Bonchev–Trinajstić information content (AvgIpc) is 2.71. The number of benzene rings is 2. The lowest BCUT2D eigenvalue weighted by Crippen LogP contribution is -2.42. The second-order valence-corrected chi connectivity index (χ2v) is 6.05. The van der Waals surface area contributed by atoms with Gasteiger partial charge in [-0.2, -0.15) is 0 Å². The molecule has 146 valence electrons. The van der Waals surface area contributed by atoms with Gasteiger partial charge in [-0.15, -0.1) is 0 Å². The van der Waals surface area contributed by atoms with E-state index in [1.807, 2.05) is 49.4 Å². The van der Waals surface area contributed by atoms with E-state index in [9.17, 15) is 0 Å². The number of aliphatic imine (C=N–C) groups is 1. The number of nitrogens with one attached hydrogen (secondary N) is 2. The third-order valence-corrected chi connectivity index (χ3v) is 4.04. The Kier molecular flexibility index (Phi) is 8.29. The van der Waals surface area contributed by atoms with Crippen LogP contribution in [0.4, 0.5) is 0 Å². The van der Waals surface area contributed by atoms with Gasteiger partial charge in [0.15, 0.2) is 5.96 Å². The highest BCUT2D eigenvalue weighted by atomic mass is 16.5. The molecule has 27 heavy (non-hydrogen) atoms. The molecule has 0 fully saturated rings. The van der Waals surface area contributed by atoms with Gasteiger partial charge in [-0.1, -0.05) is 24.3 Å². The smallest absolute Gasteiger partial charge is 0.191 e. The summed E-state index contributed by atoms with van der Waals surface area (Å²) in [5.41, 5.74) is 1.16. The molecule has 2 rings (SSSR count). The van der Waals surface area contributed by atoms with Crippen LogP contribution in [0.3, 0.4) is 0 Å². The van der Waals surface area contributed by atoms with E-state index in [1.165, 1.54) is 0 Å². The molecule has 0 saturated heterocycles. The van der Waals surface area contributed by atoms with Crippen molar-refractivity contribution in [1.82, 2.24) is 10.6 Å². The molecule has 2 N–H and O–H groups in total. The third-order valence-electron chi connectivity index (χ3n) is 4.04. The van der Waals surface area contributed by atoms with E-state index >= 15 is 0 Å². The van der Waals surface area contributed by atoms with Crippen LogP contribution in [-0.4, -0.2) is 46.4 Å². The summed E-state index contributed by atoms with van der Waals surface area (Å²) in [5, 5.41) is 6.60. The predicted molar refractivity (Wildman–Crippen MR) is 109 cm³/mol. The van der Waals surface area contributed by atoms with Gasteiger partial charge in [0.2, 0.25) is 0 Å². The first-order chi connectivity index (χ1) is 13.2. The van der Waals surface area contributed by atoms with Gasteiger partial charge in [-0.3, -0.25) is 4.99 Å². The van der Waals surface area contributed by atoms with Crippen LogP contribution >= 0.6 is 0 Å². The zero-order valence-electron chi connectivity index (χ0n) is 16.5. The van der Waals surface area contributed by atoms with Gasteiger partial charge >= 0.3 is 0 Å². The summed E-state index contributed by atoms with van der Waals surface area (Å²) in [5.74, 6) is 3.21. The molecule has 0 amide bonds. The SMILES string of the molecule is CN=C(NCCc1ccccc1OC)NCC(C)Oc1cccc(OC)c1. The molecule has 0 spiro atoms. The number of ether oxygens (including phenoxy) is 3. The predicted octanol–water partition coefficient (Wildman–Crippen LogP) is 2.88. The van der Waals surface area contributed by atoms with Crippen LogP contribution in [0.2, 0.25) is 0 Å². The molecule has 6 heteroatoms. The Labute approximate surface area is 161 Å². The average molecular weight is 371 g/mol.